The van der Waals surface area contributed by atoms with E-state index in [1.54, 1.807) is 12.1 Å². The Morgan fingerprint density at radius 3 is 2.54 bits per heavy atom. The van der Waals surface area contributed by atoms with Crippen molar-refractivity contribution >= 4 is 33.9 Å². The van der Waals surface area contributed by atoms with Gasteiger partial charge in [0.1, 0.15) is 5.82 Å². The lowest BCUT2D eigenvalue weighted by molar-refractivity contribution is 0.102. The number of hydrogen-bond donors (Lipinski definition) is 2. The molecule has 0 saturated heterocycles. The van der Waals surface area contributed by atoms with Gasteiger partial charge in [-0.1, -0.05) is 30.3 Å². The number of carbonyl (C=O) groups is 1. The van der Waals surface area contributed by atoms with Gasteiger partial charge in [0.05, 0.1) is 22.1 Å². The highest BCUT2D eigenvalue weighted by molar-refractivity contribution is 6.05. The Labute approximate surface area is 160 Å². The maximum Gasteiger partial charge on any atom is 0.258 e. The first-order chi connectivity index (χ1) is 13.7. The van der Waals surface area contributed by atoms with Gasteiger partial charge in [-0.2, -0.15) is 0 Å². The highest BCUT2D eigenvalue weighted by Crippen LogP contribution is 2.23. The first-order valence-electron chi connectivity index (χ1n) is 9.00. The van der Waals surface area contributed by atoms with Crippen LogP contribution in [0.5, 0.6) is 0 Å². The molecule has 2 N–H and O–H groups in total. The van der Waals surface area contributed by atoms with E-state index in [-0.39, 0.29) is 5.91 Å². The fourth-order valence-electron chi connectivity index (χ4n) is 3.44. The zero-order valence-corrected chi connectivity index (χ0v) is 15.2. The van der Waals surface area contributed by atoms with E-state index in [0.717, 1.165) is 33.6 Å². The van der Waals surface area contributed by atoms with E-state index in [1.165, 1.54) is 0 Å². The van der Waals surface area contributed by atoms with Crippen molar-refractivity contribution in [3.63, 3.8) is 0 Å². The second-order valence-corrected chi connectivity index (χ2v) is 6.59. The lowest BCUT2D eigenvalue weighted by atomic mass is 10.2. The molecular weight excluding hydrogens is 350 g/mol. The third-order valence-electron chi connectivity index (χ3n) is 4.72. The Hall–Kier alpha value is -3.93. The average Bonchev–Trinajstić information content (AvgIpc) is 3.27. The van der Waals surface area contributed by atoms with Gasteiger partial charge in [0.2, 0.25) is 5.95 Å². The Bertz CT molecular complexity index is 1280. The first-order valence-corrected chi connectivity index (χ1v) is 9.00. The van der Waals surface area contributed by atoms with Crippen LogP contribution in [-0.2, 0) is 0 Å². The summed E-state index contributed by atoms with van der Waals surface area (Å²) >= 11 is 0. The number of anilines is 1. The normalized spacial score (nSPS) is 11.2. The number of fused-ring (bicyclic) bond motifs is 2. The van der Waals surface area contributed by atoms with Crippen molar-refractivity contribution < 1.29 is 4.79 Å². The number of aromatic amines is 1. The topological polar surface area (TPSA) is 75.6 Å². The van der Waals surface area contributed by atoms with Gasteiger partial charge < -0.3 is 4.98 Å². The molecule has 136 valence electrons. The standard InChI is InChI=1S/C22H17N5O/c1-14-23-19-13-15(11-12-20(19)27(14)16-7-3-2-4-8-16)21(28)26-22-24-17-9-5-6-10-18(17)25-22/h2-13H,1H3,(H2,24,25,26,28). The van der Waals surface area contributed by atoms with Gasteiger partial charge in [0.25, 0.3) is 5.91 Å². The van der Waals surface area contributed by atoms with E-state index in [0.29, 0.717) is 11.5 Å². The van der Waals surface area contributed by atoms with Crippen molar-refractivity contribution in [2.45, 2.75) is 6.92 Å². The minimum Gasteiger partial charge on any atom is -0.324 e. The molecule has 0 aliphatic rings. The number of benzene rings is 3. The number of aromatic nitrogens is 4. The van der Waals surface area contributed by atoms with E-state index < -0.39 is 0 Å². The third kappa shape index (κ3) is 2.72. The van der Waals surface area contributed by atoms with Crippen LogP contribution in [0.15, 0.2) is 72.8 Å². The quantitative estimate of drug-likeness (QED) is 0.494. The first kappa shape index (κ1) is 16.3. The number of amides is 1. The molecular formula is C22H17N5O. The largest absolute Gasteiger partial charge is 0.324 e. The Kier molecular flexibility index (Phi) is 3.69. The van der Waals surface area contributed by atoms with Gasteiger partial charge in [-0.3, -0.25) is 14.7 Å². The molecule has 2 aromatic heterocycles. The fourth-order valence-corrected chi connectivity index (χ4v) is 3.44. The van der Waals surface area contributed by atoms with Crippen molar-refractivity contribution in [2.24, 2.45) is 0 Å². The van der Waals surface area contributed by atoms with Crippen LogP contribution in [0.2, 0.25) is 0 Å². The molecule has 3 aromatic carbocycles. The number of H-pyrrole nitrogens is 1. The van der Waals surface area contributed by atoms with E-state index >= 15 is 0 Å². The predicted molar refractivity (Wildman–Crippen MR) is 110 cm³/mol. The average molecular weight is 367 g/mol. The summed E-state index contributed by atoms with van der Waals surface area (Å²) in [4.78, 5) is 24.8. The highest BCUT2D eigenvalue weighted by atomic mass is 16.1. The second kappa shape index (κ2) is 6.35. The summed E-state index contributed by atoms with van der Waals surface area (Å²) in [6.07, 6.45) is 0. The molecule has 0 radical (unpaired) electrons. The van der Waals surface area contributed by atoms with E-state index in [4.69, 9.17) is 0 Å². The summed E-state index contributed by atoms with van der Waals surface area (Å²) in [5.74, 6) is 1.07. The molecule has 0 unspecified atom stereocenters. The number of nitrogens with one attached hydrogen (secondary N) is 2. The molecule has 0 saturated carbocycles. The minimum absolute atomic E-state index is 0.229. The molecule has 6 nitrogen and oxygen atoms in total. The van der Waals surface area contributed by atoms with Crippen LogP contribution in [0.25, 0.3) is 27.8 Å². The van der Waals surface area contributed by atoms with E-state index in [9.17, 15) is 4.79 Å². The summed E-state index contributed by atoms with van der Waals surface area (Å²) < 4.78 is 2.08. The molecule has 2 heterocycles. The summed E-state index contributed by atoms with van der Waals surface area (Å²) in [5.41, 5.74) is 5.01. The SMILES string of the molecule is Cc1nc2cc(C(=O)Nc3nc4ccccc4[nH]3)ccc2n1-c1ccccc1. The fraction of sp³-hybridized carbons (Fsp3) is 0.0455. The van der Waals surface area contributed by atoms with Crippen molar-refractivity contribution in [1.29, 1.82) is 0 Å². The van der Waals surface area contributed by atoms with Crippen LogP contribution < -0.4 is 5.32 Å². The van der Waals surface area contributed by atoms with Crippen molar-refractivity contribution in [2.75, 3.05) is 5.32 Å². The van der Waals surface area contributed by atoms with Crippen LogP contribution >= 0.6 is 0 Å². The minimum atomic E-state index is -0.229. The van der Waals surface area contributed by atoms with Gasteiger partial charge in [0.15, 0.2) is 0 Å². The predicted octanol–water partition coefficient (Wildman–Crippen LogP) is 4.46. The summed E-state index contributed by atoms with van der Waals surface area (Å²) in [7, 11) is 0. The molecule has 6 heteroatoms. The third-order valence-corrected chi connectivity index (χ3v) is 4.72. The zero-order valence-electron chi connectivity index (χ0n) is 15.2. The molecule has 5 rings (SSSR count). The molecule has 0 spiro atoms. The number of hydrogen-bond acceptors (Lipinski definition) is 3. The number of nitrogens with zero attached hydrogens (tertiary/aromatic N) is 3. The molecule has 0 aliphatic heterocycles. The number of carbonyl (C=O) groups excluding carboxylic acids is 1. The lowest BCUT2D eigenvalue weighted by Crippen LogP contribution is -2.12. The van der Waals surface area contributed by atoms with Crippen LogP contribution in [-0.4, -0.2) is 25.4 Å². The van der Waals surface area contributed by atoms with E-state index in [1.807, 2.05) is 67.6 Å². The van der Waals surface area contributed by atoms with Crippen LogP contribution in [0, 0.1) is 6.92 Å². The smallest absolute Gasteiger partial charge is 0.258 e. The maximum atomic E-state index is 12.7. The maximum absolute atomic E-state index is 12.7. The van der Waals surface area contributed by atoms with Crippen LogP contribution in [0.3, 0.4) is 0 Å². The van der Waals surface area contributed by atoms with Gasteiger partial charge in [-0.15, -0.1) is 0 Å². The van der Waals surface area contributed by atoms with Crippen LogP contribution in [0.4, 0.5) is 5.95 Å². The number of imidazole rings is 2. The highest BCUT2D eigenvalue weighted by Gasteiger charge is 2.14. The monoisotopic (exact) mass is 367 g/mol. The van der Waals surface area contributed by atoms with Gasteiger partial charge in [-0.25, -0.2) is 9.97 Å². The summed E-state index contributed by atoms with van der Waals surface area (Å²) in [5, 5.41) is 2.83. The van der Waals surface area contributed by atoms with E-state index in [2.05, 4.69) is 24.8 Å². The van der Waals surface area contributed by atoms with Gasteiger partial charge in [-0.05, 0) is 49.4 Å². The molecule has 0 aliphatic carbocycles. The Morgan fingerprint density at radius 1 is 0.929 bits per heavy atom. The lowest BCUT2D eigenvalue weighted by Gasteiger charge is -2.07. The summed E-state index contributed by atoms with van der Waals surface area (Å²) in [6, 6.07) is 23.2. The zero-order chi connectivity index (χ0) is 19.1. The Balaban J connectivity index is 1.48. The second-order valence-electron chi connectivity index (χ2n) is 6.59. The molecule has 5 aromatic rings. The molecule has 0 bridgehead atoms. The van der Waals surface area contributed by atoms with Crippen LogP contribution in [0.1, 0.15) is 16.2 Å². The summed E-state index contributed by atoms with van der Waals surface area (Å²) in [6.45, 7) is 1.96. The molecule has 0 atom stereocenters. The molecule has 28 heavy (non-hydrogen) atoms. The number of rotatable bonds is 3. The van der Waals surface area contributed by atoms with Crippen molar-refractivity contribution in [3.8, 4) is 5.69 Å². The number of aryl methyl sites for hydroxylation is 1. The Morgan fingerprint density at radius 2 is 1.71 bits per heavy atom. The van der Waals surface area contributed by atoms with Crippen molar-refractivity contribution in [1.82, 2.24) is 19.5 Å². The van der Waals surface area contributed by atoms with Gasteiger partial charge >= 0.3 is 0 Å². The molecule has 0 fully saturated rings. The van der Waals surface area contributed by atoms with Crippen molar-refractivity contribution in [3.05, 3.63) is 84.2 Å². The molecule has 1 amide bonds. The van der Waals surface area contributed by atoms with Gasteiger partial charge in [0, 0.05) is 11.3 Å². The number of para-hydroxylation sites is 3.